The fraction of sp³-hybridized carbons (Fsp3) is 0.350. The van der Waals surface area contributed by atoms with E-state index in [1.54, 1.807) is 4.90 Å². The van der Waals surface area contributed by atoms with E-state index in [-0.39, 0.29) is 11.5 Å². The molecule has 0 spiro atoms. The van der Waals surface area contributed by atoms with E-state index < -0.39 is 11.6 Å². The first kappa shape index (κ1) is 17.4. The van der Waals surface area contributed by atoms with Crippen LogP contribution in [-0.2, 0) is 6.42 Å². The Balaban J connectivity index is 1.72. The van der Waals surface area contributed by atoms with Crippen molar-refractivity contribution in [2.24, 2.45) is 0 Å². The van der Waals surface area contributed by atoms with Gasteiger partial charge in [-0.1, -0.05) is 25.1 Å². The van der Waals surface area contributed by atoms with Crippen LogP contribution in [-0.4, -0.2) is 37.0 Å². The van der Waals surface area contributed by atoms with Crippen LogP contribution >= 0.6 is 0 Å². The third-order valence-corrected chi connectivity index (χ3v) is 4.75. The van der Waals surface area contributed by atoms with E-state index in [1.807, 2.05) is 0 Å². The van der Waals surface area contributed by atoms with Crippen LogP contribution in [0.1, 0.15) is 28.4 Å². The summed E-state index contributed by atoms with van der Waals surface area (Å²) < 4.78 is 26.4. The zero-order valence-corrected chi connectivity index (χ0v) is 14.6. The summed E-state index contributed by atoms with van der Waals surface area (Å²) in [5.74, 6) is -2.18. The van der Waals surface area contributed by atoms with Crippen LogP contribution in [0.25, 0.3) is 0 Å². The van der Waals surface area contributed by atoms with Gasteiger partial charge in [-0.15, -0.1) is 0 Å². The molecule has 0 bridgehead atoms. The molecule has 1 saturated heterocycles. The van der Waals surface area contributed by atoms with Crippen molar-refractivity contribution in [3.8, 4) is 0 Å². The van der Waals surface area contributed by atoms with Crippen molar-refractivity contribution < 1.29 is 13.6 Å². The minimum absolute atomic E-state index is 0.192. The van der Waals surface area contributed by atoms with Gasteiger partial charge in [0.2, 0.25) is 0 Å². The second-order valence-corrected chi connectivity index (χ2v) is 6.34. The smallest absolute Gasteiger partial charge is 0.254 e. The van der Waals surface area contributed by atoms with Crippen LogP contribution in [0, 0.1) is 18.6 Å². The third kappa shape index (κ3) is 3.50. The third-order valence-electron chi connectivity index (χ3n) is 4.75. The number of anilines is 1. The van der Waals surface area contributed by atoms with Gasteiger partial charge in [0.1, 0.15) is 0 Å². The quantitative estimate of drug-likeness (QED) is 0.846. The second kappa shape index (κ2) is 7.21. The summed E-state index contributed by atoms with van der Waals surface area (Å²) in [5.41, 5.74) is 3.99. The first-order valence-corrected chi connectivity index (χ1v) is 8.59. The van der Waals surface area contributed by atoms with Gasteiger partial charge < -0.3 is 9.80 Å². The molecular weight excluding hydrogens is 322 g/mol. The molecule has 1 fully saturated rings. The molecule has 0 radical (unpaired) electrons. The Morgan fingerprint density at radius 1 is 1.04 bits per heavy atom. The number of nitrogens with zero attached hydrogens (tertiary/aromatic N) is 2. The van der Waals surface area contributed by atoms with Crippen molar-refractivity contribution in [3.05, 3.63) is 64.7 Å². The molecule has 0 unspecified atom stereocenters. The van der Waals surface area contributed by atoms with Crippen LogP contribution in [0.15, 0.2) is 36.4 Å². The van der Waals surface area contributed by atoms with E-state index in [9.17, 15) is 13.6 Å². The van der Waals surface area contributed by atoms with Crippen LogP contribution in [0.2, 0.25) is 0 Å². The zero-order valence-electron chi connectivity index (χ0n) is 14.6. The highest BCUT2D eigenvalue weighted by Crippen LogP contribution is 2.27. The first-order valence-electron chi connectivity index (χ1n) is 8.59. The number of hydrogen-bond acceptors (Lipinski definition) is 2. The lowest BCUT2D eigenvalue weighted by Crippen LogP contribution is -2.49. The monoisotopic (exact) mass is 344 g/mol. The molecule has 0 N–H and O–H groups in total. The first-order chi connectivity index (χ1) is 12.0. The summed E-state index contributed by atoms with van der Waals surface area (Å²) in [7, 11) is 0. The highest BCUT2D eigenvalue weighted by Gasteiger charge is 2.24. The van der Waals surface area contributed by atoms with Crippen molar-refractivity contribution in [2.75, 3.05) is 31.1 Å². The van der Waals surface area contributed by atoms with Crippen molar-refractivity contribution in [3.63, 3.8) is 0 Å². The molecule has 0 aliphatic carbocycles. The minimum Gasteiger partial charge on any atom is -0.368 e. The minimum atomic E-state index is -0.989. The lowest BCUT2D eigenvalue weighted by molar-refractivity contribution is 0.0746. The van der Waals surface area contributed by atoms with Crippen LogP contribution in [0.4, 0.5) is 14.5 Å². The number of halogens is 2. The van der Waals surface area contributed by atoms with Gasteiger partial charge in [0.05, 0.1) is 0 Å². The van der Waals surface area contributed by atoms with Crippen molar-refractivity contribution in [1.82, 2.24) is 4.90 Å². The van der Waals surface area contributed by atoms with Gasteiger partial charge in [0.25, 0.3) is 5.91 Å². The SMILES string of the molecule is CCc1cccc(C)c1N1CCN(C(=O)c2ccc(F)c(F)c2)CC1. The molecule has 0 atom stereocenters. The largest absolute Gasteiger partial charge is 0.368 e. The number of carbonyl (C=O) groups excluding carboxylic acids is 1. The molecule has 0 saturated carbocycles. The van der Waals surface area contributed by atoms with E-state index in [2.05, 4.69) is 36.9 Å². The van der Waals surface area contributed by atoms with Crippen molar-refractivity contribution in [2.45, 2.75) is 20.3 Å². The Bertz CT molecular complexity index is 783. The highest BCUT2D eigenvalue weighted by atomic mass is 19.2. The lowest BCUT2D eigenvalue weighted by atomic mass is 10.0. The van der Waals surface area contributed by atoms with Crippen molar-refractivity contribution >= 4 is 11.6 Å². The Morgan fingerprint density at radius 3 is 2.40 bits per heavy atom. The van der Waals surface area contributed by atoms with Gasteiger partial charge in [-0.3, -0.25) is 4.79 Å². The van der Waals surface area contributed by atoms with Crippen LogP contribution in [0.5, 0.6) is 0 Å². The summed E-state index contributed by atoms with van der Waals surface area (Å²) in [4.78, 5) is 16.5. The molecule has 1 aliphatic heterocycles. The maximum Gasteiger partial charge on any atom is 0.254 e. The molecule has 3 nitrogen and oxygen atoms in total. The Hall–Kier alpha value is -2.43. The van der Waals surface area contributed by atoms with Crippen LogP contribution < -0.4 is 4.90 Å². The molecular formula is C20H22F2N2O. The molecule has 1 aliphatic rings. The average Bonchev–Trinajstić information content (AvgIpc) is 2.63. The van der Waals surface area contributed by atoms with E-state index in [1.165, 1.54) is 22.9 Å². The molecule has 25 heavy (non-hydrogen) atoms. The lowest BCUT2D eigenvalue weighted by Gasteiger charge is -2.37. The number of piperazine rings is 1. The predicted octanol–water partition coefficient (Wildman–Crippen LogP) is 3.80. The van der Waals surface area contributed by atoms with Gasteiger partial charge in [-0.2, -0.15) is 0 Å². The second-order valence-electron chi connectivity index (χ2n) is 6.34. The molecule has 2 aromatic carbocycles. The molecule has 0 aromatic heterocycles. The fourth-order valence-electron chi connectivity index (χ4n) is 3.40. The van der Waals surface area contributed by atoms with E-state index in [0.29, 0.717) is 13.1 Å². The zero-order chi connectivity index (χ0) is 18.0. The van der Waals surface area contributed by atoms with E-state index in [4.69, 9.17) is 0 Å². The van der Waals surface area contributed by atoms with Gasteiger partial charge in [-0.05, 0) is 42.7 Å². The molecule has 1 heterocycles. The van der Waals surface area contributed by atoms with E-state index >= 15 is 0 Å². The number of para-hydroxylation sites is 1. The Labute approximate surface area is 146 Å². The normalized spacial score (nSPS) is 14.7. The Kier molecular flexibility index (Phi) is 5.02. The summed E-state index contributed by atoms with van der Waals surface area (Å²) in [6, 6.07) is 9.62. The predicted molar refractivity (Wildman–Crippen MR) is 95.0 cm³/mol. The fourth-order valence-corrected chi connectivity index (χ4v) is 3.40. The summed E-state index contributed by atoms with van der Waals surface area (Å²) >= 11 is 0. The highest BCUT2D eigenvalue weighted by molar-refractivity contribution is 5.94. The summed E-state index contributed by atoms with van der Waals surface area (Å²) in [6.45, 7) is 6.83. The standard InChI is InChI=1S/C20H22F2N2O/c1-3-15-6-4-5-14(2)19(15)23-9-11-24(12-10-23)20(25)16-7-8-17(21)18(22)13-16/h4-8,13H,3,9-12H2,1-2H3. The molecule has 2 aromatic rings. The number of benzene rings is 2. The number of rotatable bonds is 3. The maximum atomic E-state index is 13.4. The van der Waals surface area contributed by atoms with Crippen molar-refractivity contribution in [1.29, 1.82) is 0 Å². The molecule has 132 valence electrons. The van der Waals surface area contributed by atoms with Gasteiger partial charge in [0.15, 0.2) is 11.6 Å². The molecule has 3 rings (SSSR count). The van der Waals surface area contributed by atoms with E-state index in [0.717, 1.165) is 31.6 Å². The number of hydrogen-bond donors (Lipinski definition) is 0. The topological polar surface area (TPSA) is 23.6 Å². The number of amides is 1. The Morgan fingerprint density at radius 2 is 1.76 bits per heavy atom. The maximum absolute atomic E-state index is 13.4. The summed E-state index contributed by atoms with van der Waals surface area (Å²) in [5, 5.41) is 0. The van der Waals surface area contributed by atoms with Gasteiger partial charge in [-0.25, -0.2) is 8.78 Å². The van der Waals surface area contributed by atoms with Crippen LogP contribution in [0.3, 0.4) is 0 Å². The van der Waals surface area contributed by atoms with Gasteiger partial charge in [0, 0.05) is 37.4 Å². The number of carbonyl (C=O) groups is 1. The average molecular weight is 344 g/mol. The molecule has 5 heteroatoms. The molecule has 1 amide bonds. The summed E-state index contributed by atoms with van der Waals surface area (Å²) in [6.07, 6.45) is 0.963. The van der Waals surface area contributed by atoms with Gasteiger partial charge >= 0.3 is 0 Å². The number of aryl methyl sites for hydroxylation is 2.